The molecule has 2 saturated heterocycles. The number of benzene rings is 1. The summed E-state index contributed by atoms with van der Waals surface area (Å²) in [6, 6.07) is 6.91. The number of piperazine rings is 1. The highest BCUT2D eigenvalue weighted by Gasteiger charge is 2.38. The SMILES string of the molecule is CC(C)(C)c1ccc2oc(N3CCN4C(=O)OCC4C3)nc2c1. The van der Waals surface area contributed by atoms with Crippen molar-refractivity contribution in [3.8, 4) is 0 Å². The van der Waals surface area contributed by atoms with Crippen LogP contribution in [0.4, 0.5) is 10.8 Å². The molecule has 0 saturated carbocycles. The summed E-state index contributed by atoms with van der Waals surface area (Å²) in [4.78, 5) is 20.1. The molecule has 2 aromatic rings. The van der Waals surface area contributed by atoms with Crippen molar-refractivity contribution in [3.63, 3.8) is 0 Å². The molecule has 1 atom stereocenters. The predicted octanol–water partition coefficient (Wildman–Crippen LogP) is 2.77. The van der Waals surface area contributed by atoms with E-state index >= 15 is 0 Å². The van der Waals surface area contributed by atoms with E-state index < -0.39 is 0 Å². The Kier molecular flexibility index (Phi) is 3.04. The summed E-state index contributed by atoms with van der Waals surface area (Å²) >= 11 is 0. The van der Waals surface area contributed by atoms with Crippen LogP contribution in [-0.2, 0) is 10.2 Å². The molecule has 0 bridgehead atoms. The monoisotopic (exact) mass is 315 g/mol. The third-order valence-corrected chi connectivity index (χ3v) is 4.63. The molecule has 6 nitrogen and oxygen atoms in total. The molecule has 0 aliphatic carbocycles. The van der Waals surface area contributed by atoms with Gasteiger partial charge in [0, 0.05) is 19.6 Å². The zero-order valence-corrected chi connectivity index (χ0v) is 13.7. The van der Waals surface area contributed by atoms with Crippen molar-refractivity contribution in [1.29, 1.82) is 0 Å². The van der Waals surface area contributed by atoms with Crippen molar-refractivity contribution < 1.29 is 13.9 Å². The Bertz CT molecular complexity index is 762. The Morgan fingerprint density at radius 3 is 2.87 bits per heavy atom. The van der Waals surface area contributed by atoms with Gasteiger partial charge in [-0.25, -0.2) is 4.79 Å². The number of amides is 1. The van der Waals surface area contributed by atoms with Gasteiger partial charge in [-0.15, -0.1) is 0 Å². The minimum absolute atomic E-state index is 0.0838. The minimum atomic E-state index is -0.206. The van der Waals surface area contributed by atoms with Gasteiger partial charge in [0.25, 0.3) is 6.01 Å². The van der Waals surface area contributed by atoms with Gasteiger partial charge >= 0.3 is 6.09 Å². The molecule has 3 heterocycles. The van der Waals surface area contributed by atoms with Crippen LogP contribution in [0.2, 0.25) is 0 Å². The summed E-state index contributed by atoms with van der Waals surface area (Å²) in [5.41, 5.74) is 3.01. The van der Waals surface area contributed by atoms with Crippen LogP contribution in [0.25, 0.3) is 11.1 Å². The molecular weight excluding hydrogens is 294 g/mol. The maximum absolute atomic E-state index is 11.6. The third-order valence-electron chi connectivity index (χ3n) is 4.63. The van der Waals surface area contributed by atoms with E-state index in [-0.39, 0.29) is 17.6 Å². The standard InChI is InChI=1S/C17H21N3O3/c1-17(2,3)11-4-5-14-13(8-11)18-15(23-14)19-6-7-20-12(9-19)10-22-16(20)21/h4-5,8,12H,6-7,9-10H2,1-3H3. The number of carbonyl (C=O) groups excluding carboxylic acids is 1. The number of oxazole rings is 1. The minimum Gasteiger partial charge on any atom is -0.447 e. The molecule has 2 fully saturated rings. The number of carbonyl (C=O) groups is 1. The average Bonchev–Trinajstić information content (AvgIpc) is 3.09. The van der Waals surface area contributed by atoms with Crippen molar-refractivity contribution >= 4 is 23.2 Å². The van der Waals surface area contributed by atoms with Crippen LogP contribution in [0, 0.1) is 0 Å². The number of fused-ring (bicyclic) bond motifs is 2. The quantitative estimate of drug-likeness (QED) is 0.810. The maximum atomic E-state index is 11.6. The van der Waals surface area contributed by atoms with Crippen LogP contribution in [0.1, 0.15) is 26.3 Å². The van der Waals surface area contributed by atoms with Gasteiger partial charge < -0.3 is 14.1 Å². The van der Waals surface area contributed by atoms with Crippen LogP contribution in [0.15, 0.2) is 22.6 Å². The Hall–Kier alpha value is -2.24. The normalized spacial score (nSPS) is 21.7. The summed E-state index contributed by atoms with van der Waals surface area (Å²) in [7, 11) is 0. The second kappa shape index (κ2) is 4.88. The molecule has 2 aliphatic heterocycles. The van der Waals surface area contributed by atoms with E-state index in [1.807, 2.05) is 6.07 Å². The lowest BCUT2D eigenvalue weighted by molar-refractivity contribution is 0.157. The largest absolute Gasteiger partial charge is 0.447 e. The fourth-order valence-electron chi connectivity index (χ4n) is 3.18. The molecule has 1 amide bonds. The van der Waals surface area contributed by atoms with Crippen LogP contribution >= 0.6 is 0 Å². The summed E-state index contributed by atoms with van der Waals surface area (Å²) in [5, 5.41) is 0. The van der Waals surface area contributed by atoms with Crippen molar-refractivity contribution in [2.24, 2.45) is 0 Å². The number of hydrogen-bond acceptors (Lipinski definition) is 5. The predicted molar refractivity (Wildman–Crippen MR) is 86.8 cm³/mol. The fraction of sp³-hybridized carbons (Fsp3) is 0.529. The molecule has 1 aromatic heterocycles. The van der Waals surface area contributed by atoms with Gasteiger partial charge in [0.15, 0.2) is 5.58 Å². The molecule has 0 spiro atoms. The molecule has 23 heavy (non-hydrogen) atoms. The van der Waals surface area contributed by atoms with E-state index in [9.17, 15) is 4.79 Å². The topological polar surface area (TPSA) is 58.8 Å². The third kappa shape index (κ3) is 2.42. The lowest BCUT2D eigenvalue weighted by atomic mass is 9.87. The summed E-state index contributed by atoms with van der Waals surface area (Å²) in [6.45, 7) is 9.07. The Morgan fingerprint density at radius 2 is 2.09 bits per heavy atom. The van der Waals surface area contributed by atoms with Gasteiger partial charge in [0.1, 0.15) is 12.1 Å². The second-order valence-corrected chi connectivity index (χ2v) is 7.30. The van der Waals surface area contributed by atoms with E-state index in [2.05, 4.69) is 42.8 Å². The Balaban J connectivity index is 1.61. The molecule has 122 valence electrons. The first kappa shape index (κ1) is 14.4. The van der Waals surface area contributed by atoms with Crippen LogP contribution in [0.5, 0.6) is 0 Å². The van der Waals surface area contributed by atoms with Crippen molar-refractivity contribution in [2.45, 2.75) is 32.2 Å². The lowest BCUT2D eigenvalue weighted by Crippen LogP contribution is -2.52. The first-order valence-corrected chi connectivity index (χ1v) is 8.01. The smallest absolute Gasteiger partial charge is 0.410 e. The Morgan fingerprint density at radius 1 is 1.26 bits per heavy atom. The van der Waals surface area contributed by atoms with Crippen molar-refractivity contribution in [1.82, 2.24) is 9.88 Å². The number of aromatic nitrogens is 1. The number of cyclic esters (lactones) is 1. The summed E-state index contributed by atoms with van der Waals surface area (Å²) < 4.78 is 11.0. The second-order valence-electron chi connectivity index (χ2n) is 7.30. The van der Waals surface area contributed by atoms with Gasteiger partial charge in [0.05, 0.1) is 6.04 Å². The lowest BCUT2D eigenvalue weighted by Gasteiger charge is -2.34. The zero-order chi connectivity index (χ0) is 16.2. The van der Waals surface area contributed by atoms with E-state index in [4.69, 9.17) is 9.15 Å². The van der Waals surface area contributed by atoms with Crippen molar-refractivity contribution in [2.75, 3.05) is 31.1 Å². The molecule has 6 heteroatoms. The van der Waals surface area contributed by atoms with E-state index in [1.165, 1.54) is 5.56 Å². The van der Waals surface area contributed by atoms with Gasteiger partial charge in [-0.05, 0) is 23.1 Å². The van der Waals surface area contributed by atoms with Crippen LogP contribution in [-0.4, -0.2) is 48.3 Å². The van der Waals surface area contributed by atoms with Gasteiger partial charge in [-0.1, -0.05) is 26.8 Å². The van der Waals surface area contributed by atoms with E-state index in [0.29, 0.717) is 32.3 Å². The molecule has 0 radical (unpaired) electrons. The van der Waals surface area contributed by atoms with Crippen LogP contribution in [0.3, 0.4) is 0 Å². The number of ether oxygens (including phenoxy) is 1. The van der Waals surface area contributed by atoms with Gasteiger partial charge in [-0.3, -0.25) is 4.90 Å². The zero-order valence-electron chi connectivity index (χ0n) is 13.7. The van der Waals surface area contributed by atoms with E-state index in [0.717, 1.165) is 11.1 Å². The highest BCUT2D eigenvalue weighted by molar-refractivity contribution is 5.76. The number of nitrogens with zero attached hydrogens (tertiary/aromatic N) is 3. The van der Waals surface area contributed by atoms with Crippen LogP contribution < -0.4 is 4.90 Å². The molecule has 2 aliphatic rings. The number of anilines is 1. The van der Waals surface area contributed by atoms with Gasteiger partial charge in [-0.2, -0.15) is 4.98 Å². The highest BCUT2D eigenvalue weighted by atomic mass is 16.6. The first-order valence-electron chi connectivity index (χ1n) is 8.01. The van der Waals surface area contributed by atoms with Gasteiger partial charge in [0.2, 0.25) is 0 Å². The molecule has 4 rings (SSSR count). The number of hydrogen-bond donors (Lipinski definition) is 0. The number of rotatable bonds is 1. The first-order chi connectivity index (χ1) is 10.9. The molecule has 1 unspecified atom stereocenters. The molecule has 1 aromatic carbocycles. The maximum Gasteiger partial charge on any atom is 0.410 e. The average molecular weight is 315 g/mol. The molecule has 0 N–H and O–H groups in total. The highest BCUT2D eigenvalue weighted by Crippen LogP contribution is 2.29. The summed E-state index contributed by atoms with van der Waals surface area (Å²) in [6.07, 6.45) is -0.206. The fourth-order valence-corrected chi connectivity index (χ4v) is 3.18. The van der Waals surface area contributed by atoms with Crippen molar-refractivity contribution in [3.05, 3.63) is 23.8 Å². The summed E-state index contributed by atoms with van der Waals surface area (Å²) in [5.74, 6) is 0. The molecular formula is C17H21N3O3. The Labute approximate surface area is 135 Å². The van der Waals surface area contributed by atoms with E-state index in [1.54, 1.807) is 4.90 Å².